The maximum atomic E-state index is 3.47. The molecule has 70 valence electrons. The minimum absolute atomic E-state index is 1.23. The highest BCUT2D eigenvalue weighted by Crippen LogP contribution is 2.29. The molecule has 0 atom stereocenters. The van der Waals surface area contributed by atoms with E-state index in [0.717, 1.165) is 0 Å². The van der Waals surface area contributed by atoms with Gasteiger partial charge in [0.25, 0.3) is 0 Å². The van der Waals surface area contributed by atoms with Crippen LogP contribution in [0.25, 0.3) is 16.5 Å². The van der Waals surface area contributed by atoms with Crippen LogP contribution in [-0.2, 0) is 0 Å². The van der Waals surface area contributed by atoms with Crippen molar-refractivity contribution in [2.45, 2.75) is 19.3 Å². The van der Waals surface area contributed by atoms with Gasteiger partial charge < -0.3 is 4.98 Å². The summed E-state index contributed by atoms with van der Waals surface area (Å²) >= 11 is 0. The molecule has 0 amide bonds. The molecule has 1 N–H and O–H groups in total. The number of allylic oxidation sites excluding steroid dienone is 2. The lowest BCUT2D eigenvalue weighted by molar-refractivity contribution is 0.934. The zero-order chi connectivity index (χ0) is 9.38. The number of aromatic nitrogens is 1. The molecule has 1 heteroatoms. The Morgan fingerprint density at radius 2 is 2.07 bits per heavy atom. The van der Waals surface area contributed by atoms with Crippen LogP contribution in [0.4, 0.5) is 0 Å². The third-order valence-electron chi connectivity index (χ3n) is 2.92. The van der Waals surface area contributed by atoms with Gasteiger partial charge in [-0.15, -0.1) is 0 Å². The fraction of sp³-hybridized carbons (Fsp3) is 0.231. The molecule has 0 saturated heterocycles. The van der Waals surface area contributed by atoms with Crippen LogP contribution in [0.5, 0.6) is 0 Å². The Labute approximate surface area is 83.5 Å². The number of para-hydroxylation sites is 1. The van der Waals surface area contributed by atoms with Gasteiger partial charge >= 0.3 is 0 Å². The molecule has 14 heavy (non-hydrogen) atoms. The lowest BCUT2D eigenvalue weighted by Gasteiger charge is -1.95. The summed E-state index contributed by atoms with van der Waals surface area (Å²) in [5.74, 6) is 0. The van der Waals surface area contributed by atoms with Crippen molar-refractivity contribution in [1.82, 2.24) is 4.98 Å². The predicted octanol–water partition coefficient (Wildman–Crippen LogP) is 3.74. The maximum Gasteiger partial charge on any atom is 0.0458 e. The van der Waals surface area contributed by atoms with E-state index in [1.807, 2.05) is 0 Å². The highest BCUT2D eigenvalue weighted by Gasteiger charge is 2.09. The molecule has 0 aliphatic heterocycles. The summed E-state index contributed by atoms with van der Waals surface area (Å²) in [6, 6.07) is 10.7. The molecule has 0 bridgehead atoms. The van der Waals surface area contributed by atoms with Crippen molar-refractivity contribution in [3.63, 3.8) is 0 Å². The van der Waals surface area contributed by atoms with Crippen LogP contribution in [0, 0.1) is 0 Å². The van der Waals surface area contributed by atoms with E-state index >= 15 is 0 Å². The van der Waals surface area contributed by atoms with Crippen LogP contribution < -0.4 is 0 Å². The van der Waals surface area contributed by atoms with Crippen molar-refractivity contribution in [2.24, 2.45) is 0 Å². The molecule has 1 aromatic heterocycles. The number of nitrogens with one attached hydrogen (secondary N) is 1. The standard InChI is InChI=1S/C13H13N/c1-2-6-10(5-1)13-9-11-7-3-4-8-12(11)14-13/h3-5,7-9,14H,1-2,6H2. The van der Waals surface area contributed by atoms with Gasteiger partial charge in [-0.25, -0.2) is 0 Å². The van der Waals surface area contributed by atoms with Crippen molar-refractivity contribution < 1.29 is 0 Å². The average Bonchev–Trinajstić information content (AvgIpc) is 2.86. The van der Waals surface area contributed by atoms with Gasteiger partial charge in [-0.2, -0.15) is 0 Å². The molecule has 3 rings (SSSR count). The summed E-state index contributed by atoms with van der Waals surface area (Å²) < 4.78 is 0. The van der Waals surface area contributed by atoms with Crippen molar-refractivity contribution in [3.05, 3.63) is 42.1 Å². The zero-order valence-corrected chi connectivity index (χ0v) is 8.09. The third kappa shape index (κ3) is 1.17. The number of fused-ring (bicyclic) bond motifs is 1. The van der Waals surface area contributed by atoms with Crippen LogP contribution in [0.3, 0.4) is 0 Å². The summed E-state index contributed by atoms with van der Waals surface area (Å²) in [5, 5.41) is 1.32. The van der Waals surface area contributed by atoms with E-state index in [1.54, 1.807) is 0 Å². The molecule has 1 heterocycles. The first kappa shape index (κ1) is 7.86. The van der Waals surface area contributed by atoms with Crippen molar-refractivity contribution >= 4 is 16.5 Å². The van der Waals surface area contributed by atoms with Crippen molar-refractivity contribution in [3.8, 4) is 0 Å². The van der Waals surface area contributed by atoms with E-state index in [1.165, 1.54) is 41.4 Å². The van der Waals surface area contributed by atoms with Gasteiger partial charge in [-0.05, 0) is 42.4 Å². The number of aromatic amines is 1. The van der Waals surface area contributed by atoms with Gasteiger partial charge in [0.1, 0.15) is 0 Å². The smallest absolute Gasteiger partial charge is 0.0458 e. The van der Waals surface area contributed by atoms with E-state index in [0.29, 0.717) is 0 Å². The largest absolute Gasteiger partial charge is 0.355 e. The first-order valence-electron chi connectivity index (χ1n) is 5.21. The van der Waals surface area contributed by atoms with Crippen molar-refractivity contribution in [1.29, 1.82) is 0 Å². The second-order valence-electron chi connectivity index (χ2n) is 3.89. The Bertz CT molecular complexity index is 458. The molecule has 1 nitrogen and oxygen atoms in total. The Hall–Kier alpha value is -1.50. The van der Waals surface area contributed by atoms with Crippen LogP contribution in [-0.4, -0.2) is 4.98 Å². The van der Waals surface area contributed by atoms with Gasteiger partial charge in [-0.1, -0.05) is 24.3 Å². The van der Waals surface area contributed by atoms with E-state index < -0.39 is 0 Å². The minimum Gasteiger partial charge on any atom is -0.355 e. The highest BCUT2D eigenvalue weighted by atomic mass is 14.7. The van der Waals surface area contributed by atoms with Crippen LogP contribution in [0.15, 0.2) is 36.4 Å². The van der Waals surface area contributed by atoms with Gasteiger partial charge in [0.15, 0.2) is 0 Å². The normalized spacial score (nSPS) is 16.1. The predicted molar refractivity (Wildman–Crippen MR) is 60.1 cm³/mol. The molecule has 0 saturated carbocycles. The summed E-state index contributed by atoms with van der Waals surface area (Å²) in [4.78, 5) is 3.47. The number of H-pyrrole nitrogens is 1. The van der Waals surface area contributed by atoms with Gasteiger partial charge in [0.05, 0.1) is 0 Å². The Morgan fingerprint density at radius 3 is 2.86 bits per heavy atom. The Morgan fingerprint density at radius 1 is 1.14 bits per heavy atom. The first-order valence-corrected chi connectivity index (χ1v) is 5.21. The topological polar surface area (TPSA) is 15.8 Å². The third-order valence-corrected chi connectivity index (χ3v) is 2.92. The molecule has 2 aromatic rings. The summed E-state index contributed by atoms with van der Waals surface area (Å²) in [5.41, 5.74) is 4.04. The minimum atomic E-state index is 1.23. The molecule has 0 spiro atoms. The highest BCUT2D eigenvalue weighted by molar-refractivity contribution is 5.84. The quantitative estimate of drug-likeness (QED) is 0.693. The Balaban J connectivity index is 2.14. The van der Waals surface area contributed by atoms with E-state index in [2.05, 4.69) is 41.4 Å². The number of hydrogen-bond acceptors (Lipinski definition) is 0. The van der Waals surface area contributed by atoms with Gasteiger partial charge in [0, 0.05) is 11.2 Å². The van der Waals surface area contributed by atoms with E-state index in [9.17, 15) is 0 Å². The summed E-state index contributed by atoms with van der Waals surface area (Å²) in [7, 11) is 0. The van der Waals surface area contributed by atoms with Gasteiger partial charge in [0.2, 0.25) is 0 Å². The molecule has 0 fully saturated rings. The van der Waals surface area contributed by atoms with Crippen LogP contribution in [0.1, 0.15) is 25.0 Å². The second-order valence-corrected chi connectivity index (χ2v) is 3.89. The van der Waals surface area contributed by atoms with E-state index in [-0.39, 0.29) is 0 Å². The number of benzene rings is 1. The summed E-state index contributed by atoms with van der Waals surface area (Å²) in [6.07, 6.45) is 6.13. The SMILES string of the molecule is C1=C(c2cc3ccccc3[nH]2)CCC1. The molecule has 0 unspecified atom stereocenters. The molecule has 1 aromatic carbocycles. The zero-order valence-electron chi connectivity index (χ0n) is 8.09. The molecule has 1 aliphatic rings. The average molecular weight is 183 g/mol. The van der Waals surface area contributed by atoms with Crippen molar-refractivity contribution in [2.75, 3.05) is 0 Å². The van der Waals surface area contributed by atoms with Crippen LogP contribution >= 0.6 is 0 Å². The molecule has 0 radical (unpaired) electrons. The fourth-order valence-electron chi connectivity index (χ4n) is 2.16. The number of rotatable bonds is 1. The first-order chi connectivity index (χ1) is 6.93. The number of hydrogen-bond donors (Lipinski definition) is 1. The lowest BCUT2D eigenvalue weighted by atomic mass is 10.1. The monoisotopic (exact) mass is 183 g/mol. The second kappa shape index (κ2) is 3.02. The maximum absolute atomic E-state index is 3.47. The van der Waals surface area contributed by atoms with Crippen LogP contribution in [0.2, 0.25) is 0 Å². The molecular weight excluding hydrogens is 170 g/mol. The lowest BCUT2D eigenvalue weighted by Crippen LogP contribution is -1.78. The van der Waals surface area contributed by atoms with Gasteiger partial charge in [-0.3, -0.25) is 0 Å². The van der Waals surface area contributed by atoms with E-state index in [4.69, 9.17) is 0 Å². The summed E-state index contributed by atoms with van der Waals surface area (Å²) in [6.45, 7) is 0. The fourth-order valence-corrected chi connectivity index (χ4v) is 2.16. The molecule has 1 aliphatic carbocycles. The Kier molecular flexibility index (Phi) is 1.69. The molecular formula is C13H13N.